The summed E-state index contributed by atoms with van der Waals surface area (Å²) in [6, 6.07) is -0.982. The SMILES string of the molecule is CCCCCCCCCCCCCC/C=C\CCCCCCCCCCCC(O)C(=O)NC(CO)C(O)C(O)CCCCCCCCCCCCCCC. The Morgan fingerprint density at radius 3 is 1.07 bits per heavy atom. The van der Waals surface area contributed by atoms with Crippen molar-refractivity contribution in [3.63, 3.8) is 0 Å². The molecule has 0 aliphatic heterocycles. The van der Waals surface area contributed by atoms with E-state index in [1.807, 2.05) is 0 Å². The fourth-order valence-electron chi connectivity index (χ4n) is 7.64. The molecule has 6 nitrogen and oxygen atoms in total. The first kappa shape index (κ1) is 53.0. The van der Waals surface area contributed by atoms with Crippen molar-refractivity contribution >= 4 is 5.91 Å². The van der Waals surface area contributed by atoms with Crippen LogP contribution in [0.25, 0.3) is 0 Å². The number of aliphatic hydroxyl groups is 4. The molecule has 0 aliphatic carbocycles. The van der Waals surface area contributed by atoms with Gasteiger partial charge in [-0.15, -0.1) is 0 Å². The number of hydrogen-bond acceptors (Lipinski definition) is 5. The van der Waals surface area contributed by atoms with E-state index in [4.69, 9.17) is 0 Å². The van der Waals surface area contributed by atoms with Crippen LogP contribution in [-0.2, 0) is 4.79 Å². The summed E-state index contributed by atoms with van der Waals surface area (Å²) < 4.78 is 0. The Hall–Kier alpha value is -0.950. The van der Waals surface area contributed by atoms with Gasteiger partial charge in [0.1, 0.15) is 12.2 Å². The van der Waals surface area contributed by atoms with Gasteiger partial charge < -0.3 is 25.7 Å². The van der Waals surface area contributed by atoms with Crippen LogP contribution in [0.3, 0.4) is 0 Å². The first-order valence-corrected chi connectivity index (χ1v) is 24.1. The van der Waals surface area contributed by atoms with Crippen molar-refractivity contribution in [2.45, 2.75) is 282 Å². The lowest BCUT2D eigenvalue weighted by molar-refractivity contribution is -0.132. The zero-order valence-corrected chi connectivity index (χ0v) is 36.2. The molecule has 6 heteroatoms. The molecule has 0 heterocycles. The molecule has 0 bridgehead atoms. The van der Waals surface area contributed by atoms with Gasteiger partial charge in [-0.1, -0.05) is 231 Å². The molecule has 4 unspecified atom stereocenters. The Labute approximate surface area is 336 Å². The lowest BCUT2D eigenvalue weighted by atomic mass is 9.99. The third kappa shape index (κ3) is 36.7. The highest BCUT2D eigenvalue weighted by atomic mass is 16.3. The average molecular weight is 766 g/mol. The zero-order chi connectivity index (χ0) is 39.6. The van der Waals surface area contributed by atoms with Gasteiger partial charge in [-0.05, 0) is 38.5 Å². The molecule has 4 atom stereocenters. The molecule has 0 saturated heterocycles. The third-order valence-electron chi connectivity index (χ3n) is 11.5. The largest absolute Gasteiger partial charge is 0.394 e. The number of unbranched alkanes of at least 4 members (excludes halogenated alkanes) is 33. The molecular weight excluding hydrogens is 671 g/mol. The number of allylic oxidation sites excluding steroid dienone is 2. The molecule has 0 radical (unpaired) electrons. The second kappa shape index (κ2) is 43.2. The van der Waals surface area contributed by atoms with Crippen LogP contribution >= 0.6 is 0 Å². The van der Waals surface area contributed by atoms with Crippen LogP contribution in [0.4, 0.5) is 0 Å². The van der Waals surface area contributed by atoms with Gasteiger partial charge in [-0.25, -0.2) is 0 Å². The van der Waals surface area contributed by atoms with Crippen LogP contribution in [0.15, 0.2) is 12.2 Å². The molecule has 322 valence electrons. The fourth-order valence-corrected chi connectivity index (χ4v) is 7.64. The molecule has 0 aromatic carbocycles. The summed E-state index contributed by atoms with van der Waals surface area (Å²) in [5.41, 5.74) is 0. The van der Waals surface area contributed by atoms with E-state index in [-0.39, 0.29) is 0 Å². The average Bonchev–Trinajstić information content (AvgIpc) is 3.18. The second-order valence-corrected chi connectivity index (χ2v) is 16.8. The van der Waals surface area contributed by atoms with Gasteiger partial charge in [0.05, 0.1) is 18.8 Å². The molecule has 0 aromatic heterocycles. The number of carbonyl (C=O) groups is 1. The van der Waals surface area contributed by atoms with E-state index in [0.29, 0.717) is 12.8 Å². The highest BCUT2D eigenvalue weighted by molar-refractivity contribution is 5.80. The van der Waals surface area contributed by atoms with Crippen molar-refractivity contribution in [3.8, 4) is 0 Å². The number of hydrogen-bond donors (Lipinski definition) is 5. The quantitative estimate of drug-likeness (QED) is 0.0313. The van der Waals surface area contributed by atoms with Crippen LogP contribution in [0.2, 0.25) is 0 Å². The molecule has 54 heavy (non-hydrogen) atoms. The maximum absolute atomic E-state index is 12.5. The smallest absolute Gasteiger partial charge is 0.249 e. The number of amides is 1. The van der Waals surface area contributed by atoms with E-state index in [2.05, 4.69) is 31.3 Å². The number of rotatable bonds is 44. The third-order valence-corrected chi connectivity index (χ3v) is 11.5. The first-order valence-electron chi connectivity index (χ1n) is 24.1. The summed E-state index contributed by atoms with van der Waals surface area (Å²) in [5, 5.41) is 43.7. The number of carbonyl (C=O) groups excluding carboxylic acids is 1. The Morgan fingerprint density at radius 2 is 0.741 bits per heavy atom. The summed E-state index contributed by atoms with van der Waals surface area (Å²) in [4.78, 5) is 12.5. The van der Waals surface area contributed by atoms with E-state index in [0.717, 1.165) is 38.5 Å². The minimum Gasteiger partial charge on any atom is -0.394 e. The molecule has 0 fully saturated rings. The van der Waals surface area contributed by atoms with E-state index < -0.39 is 36.9 Å². The second-order valence-electron chi connectivity index (χ2n) is 16.8. The van der Waals surface area contributed by atoms with Crippen LogP contribution < -0.4 is 5.32 Å². The van der Waals surface area contributed by atoms with Crippen LogP contribution in [0, 0.1) is 0 Å². The molecular formula is C48H95NO5. The van der Waals surface area contributed by atoms with Crippen LogP contribution in [0.1, 0.15) is 258 Å². The lowest BCUT2D eigenvalue weighted by Gasteiger charge is -2.27. The lowest BCUT2D eigenvalue weighted by Crippen LogP contribution is -2.53. The summed E-state index contributed by atoms with van der Waals surface area (Å²) in [5.74, 6) is -0.583. The highest BCUT2D eigenvalue weighted by Gasteiger charge is 2.28. The van der Waals surface area contributed by atoms with Gasteiger partial charge in [-0.2, -0.15) is 0 Å². The molecule has 0 spiro atoms. The maximum atomic E-state index is 12.5. The minimum atomic E-state index is -1.26. The minimum absolute atomic E-state index is 0.369. The van der Waals surface area contributed by atoms with E-state index in [1.165, 1.54) is 193 Å². The number of nitrogens with one attached hydrogen (secondary N) is 1. The van der Waals surface area contributed by atoms with Gasteiger partial charge in [0.25, 0.3) is 0 Å². The van der Waals surface area contributed by atoms with Gasteiger partial charge in [0.2, 0.25) is 5.91 Å². The monoisotopic (exact) mass is 766 g/mol. The van der Waals surface area contributed by atoms with Crippen LogP contribution in [-0.4, -0.2) is 57.3 Å². The maximum Gasteiger partial charge on any atom is 0.249 e. The van der Waals surface area contributed by atoms with E-state index in [1.54, 1.807) is 0 Å². The van der Waals surface area contributed by atoms with Crippen molar-refractivity contribution < 1.29 is 25.2 Å². The predicted molar refractivity (Wildman–Crippen MR) is 233 cm³/mol. The van der Waals surface area contributed by atoms with Crippen molar-refractivity contribution in [3.05, 3.63) is 12.2 Å². The van der Waals surface area contributed by atoms with Crippen LogP contribution in [0.5, 0.6) is 0 Å². The molecule has 1 amide bonds. The Morgan fingerprint density at radius 1 is 0.444 bits per heavy atom. The molecule has 0 aliphatic rings. The standard InChI is InChI=1S/C48H95NO5/c1-3-5-7-9-11-13-15-17-18-19-20-21-22-23-24-25-26-27-28-30-32-34-36-38-40-42-46(52)48(54)49-44(43-50)47(53)45(51)41-39-37-35-33-31-29-16-14-12-10-8-6-4-2/h23-24,44-47,50-53H,3-22,25-43H2,1-2H3,(H,49,54)/b24-23-. The van der Waals surface area contributed by atoms with Gasteiger partial charge in [0, 0.05) is 0 Å². The first-order chi connectivity index (χ1) is 26.5. The topological polar surface area (TPSA) is 110 Å². The highest BCUT2D eigenvalue weighted by Crippen LogP contribution is 2.17. The summed E-state index contributed by atoms with van der Waals surface area (Å²) in [7, 11) is 0. The van der Waals surface area contributed by atoms with Gasteiger partial charge >= 0.3 is 0 Å². The van der Waals surface area contributed by atoms with Crippen molar-refractivity contribution in [2.24, 2.45) is 0 Å². The molecule has 0 aromatic rings. The van der Waals surface area contributed by atoms with Gasteiger partial charge in [0.15, 0.2) is 0 Å². The Kier molecular flexibility index (Phi) is 42.4. The predicted octanol–water partition coefficient (Wildman–Crippen LogP) is 13.0. The van der Waals surface area contributed by atoms with Gasteiger partial charge in [-0.3, -0.25) is 4.79 Å². The molecule has 0 saturated carbocycles. The van der Waals surface area contributed by atoms with E-state index in [9.17, 15) is 25.2 Å². The molecule has 0 rings (SSSR count). The van der Waals surface area contributed by atoms with Crippen molar-refractivity contribution in [1.82, 2.24) is 5.32 Å². The summed E-state index contributed by atoms with van der Waals surface area (Å²) >= 11 is 0. The van der Waals surface area contributed by atoms with Crippen molar-refractivity contribution in [1.29, 1.82) is 0 Å². The fraction of sp³-hybridized carbons (Fsp3) is 0.938. The van der Waals surface area contributed by atoms with Crippen molar-refractivity contribution in [2.75, 3.05) is 6.61 Å². The van der Waals surface area contributed by atoms with E-state index >= 15 is 0 Å². The number of aliphatic hydroxyl groups excluding tert-OH is 4. The summed E-state index contributed by atoms with van der Waals surface area (Å²) in [6.45, 7) is 4.06. The zero-order valence-electron chi connectivity index (χ0n) is 36.2. The normalized spacial score (nSPS) is 14.1. The summed E-state index contributed by atoms with van der Waals surface area (Å²) in [6.07, 6.45) is 48.3. The Balaban J connectivity index is 3.64. The molecule has 5 N–H and O–H groups in total. The Bertz CT molecular complexity index is 776.